The van der Waals surface area contributed by atoms with Gasteiger partial charge >= 0.3 is 0 Å². The Labute approximate surface area is 86.9 Å². The molecule has 1 unspecified atom stereocenters. The van der Waals surface area contributed by atoms with Gasteiger partial charge in [0.2, 0.25) is 0 Å². The number of likely N-dealkylation sites (tertiary alicyclic amines) is 1. The Bertz CT molecular complexity index is 194. The molecule has 2 N–H and O–H groups in total. The van der Waals surface area contributed by atoms with Gasteiger partial charge in [-0.15, -0.1) is 0 Å². The van der Waals surface area contributed by atoms with E-state index in [0.717, 1.165) is 13.1 Å². The van der Waals surface area contributed by atoms with Crippen LogP contribution in [-0.4, -0.2) is 43.8 Å². The Kier molecular flexibility index (Phi) is 4.58. The third-order valence-electron chi connectivity index (χ3n) is 2.90. The first-order valence-electron chi connectivity index (χ1n) is 5.33. The van der Waals surface area contributed by atoms with E-state index in [2.05, 4.69) is 17.9 Å². The number of nitrogens with zero attached hydrogens (tertiary/aromatic N) is 1. The molecule has 3 heteroatoms. The molecule has 14 heavy (non-hydrogen) atoms. The van der Waals surface area contributed by atoms with Crippen molar-refractivity contribution in [3.05, 3.63) is 12.2 Å². The Balaban J connectivity index is 2.36. The van der Waals surface area contributed by atoms with Gasteiger partial charge in [0.15, 0.2) is 0 Å². The molecule has 1 fully saturated rings. The Morgan fingerprint density at radius 2 is 2.29 bits per heavy atom. The summed E-state index contributed by atoms with van der Waals surface area (Å²) in [7, 11) is 1.80. The fourth-order valence-electron chi connectivity index (χ4n) is 1.95. The maximum atomic E-state index is 5.52. The number of hydrogen-bond acceptors (Lipinski definition) is 3. The number of methoxy groups -OCH3 is 1. The van der Waals surface area contributed by atoms with Gasteiger partial charge in [-0.1, -0.05) is 12.2 Å². The molecule has 82 valence electrons. The molecule has 0 aromatic heterocycles. The number of ether oxygens (including phenoxy) is 1. The van der Waals surface area contributed by atoms with Crippen LogP contribution in [0.1, 0.15) is 19.8 Å². The van der Waals surface area contributed by atoms with E-state index in [-0.39, 0.29) is 5.60 Å². The van der Waals surface area contributed by atoms with E-state index in [0.29, 0.717) is 6.54 Å². The van der Waals surface area contributed by atoms with Gasteiger partial charge in [0.05, 0.1) is 5.60 Å². The Morgan fingerprint density at radius 1 is 1.50 bits per heavy atom. The van der Waals surface area contributed by atoms with Crippen LogP contribution in [-0.2, 0) is 4.74 Å². The lowest BCUT2D eigenvalue weighted by atomic mass is 9.95. The second-order valence-electron chi connectivity index (χ2n) is 4.20. The molecular weight excluding hydrogens is 176 g/mol. The topological polar surface area (TPSA) is 38.5 Å². The SMILES string of the molecule is COC1(C)CCCN(C/C=C/CN)C1. The zero-order chi connectivity index (χ0) is 10.4. The number of nitrogens with two attached hydrogens (primary N) is 1. The van der Waals surface area contributed by atoms with Crippen molar-refractivity contribution < 1.29 is 4.74 Å². The molecule has 3 nitrogen and oxygen atoms in total. The quantitative estimate of drug-likeness (QED) is 0.685. The summed E-state index contributed by atoms with van der Waals surface area (Å²) in [4.78, 5) is 2.42. The van der Waals surface area contributed by atoms with Crippen LogP contribution in [0.2, 0.25) is 0 Å². The molecular formula is C11H22N2O. The van der Waals surface area contributed by atoms with Gasteiger partial charge in [-0.3, -0.25) is 4.90 Å². The van der Waals surface area contributed by atoms with Crippen LogP contribution in [0.15, 0.2) is 12.2 Å². The van der Waals surface area contributed by atoms with Gasteiger partial charge in [0, 0.05) is 26.7 Å². The van der Waals surface area contributed by atoms with Crippen LogP contribution in [0.5, 0.6) is 0 Å². The second kappa shape index (κ2) is 5.49. The molecule has 0 radical (unpaired) electrons. The van der Waals surface area contributed by atoms with Crippen molar-refractivity contribution in [1.82, 2.24) is 4.90 Å². The second-order valence-corrected chi connectivity index (χ2v) is 4.20. The fourth-order valence-corrected chi connectivity index (χ4v) is 1.95. The van der Waals surface area contributed by atoms with Gasteiger partial charge in [0.25, 0.3) is 0 Å². The summed E-state index contributed by atoms with van der Waals surface area (Å²) in [5.41, 5.74) is 5.44. The molecule has 0 aliphatic carbocycles. The monoisotopic (exact) mass is 198 g/mol. The Hall–Kier alpha value is -0.380. The van der Waals surface area contributed by atoms with Crippen molar-refractivity contribution >= 4 is 0 Å². The zero-order valence-electron chi connectivity index (χ0n) is 9.33. The molecule has 1 aliphatic rings. The molecule has 1 heterocycles. The van der Waals surface area contributed by atoms with E-state index in [4.69, 9.17) is 10.5 Å². The zero-order valence-corrected chi connectivity index (χ0v) is 9.33. The molecule has 0 amide bonds. The smallest absolute Gasteiger partial charge is 0.0777 e. The highest BCUT2D eigenvalue weighted by molar-refractivity contribution is 4.90. The molecule has 1 saturated heterocycles. The van der Waals surface area contributed by atoms with E-state index in [9.17, 15) is 0 Å². The molecule has 1 atom stereocenters. The van der Waals surface area contributed by atoms with E-state index < -0.39 is 0 Å². The molecule has 0 bridgehead atoms. The normalized spacial score (nSPS) is 29.9. The summed E-state index contributed by atoms with van der Waals surface area (Å²) in [5, 5.41) is 0. The van der Waals surface area contributed by atoms with Crippen molar-refractivity contribution in [3.63, 3.8) is 0 Å². The van der Waals surface area contributed by atoms with Crippen molar-refractivity contribution in [3.8, 4) is 0 Å². The molecule has 1 aliphatic heterocycles. The first kappa shape index (κ1) is 11.7. The highest BCUT2D eigenvalue weighted by Crippen LogP contribution is 2.23. The summed E-state index contributed by atoms with van der Waals surface area (Å²) in [5.74, 6) is 0. The number of hydrogen-bond donors (Lipinski definition) is 1. The van der Waals surface area contributed by atoms with E-state index in [1.807, 2.05) is 6.08 Å². The fraction of sp³-hybridized carbons (Fsp3) is 0.818. The largest absolute Gasteiger partial charge is 0.377 e. The lowest BCUT2D eigenvalue weighted by molar-refractivity contribution is -0.0478. The van der Waals surface area contributed by atoms with E-state index >= 15 is 0 Å². The summed E-state index contributed by atoms with van der Waals surface area (Å²) < 4.78 is 5.52. The summed E-state index contributed by atoms with van der Waals surface area (Å²) in [6.07, 6.45) is 6.54. The third kappa shape index (κ3) is 3.40. The predicted octanol–water partition coefficient (Wildman–Crippen LogP) is 1.00. The number of rotatable bonds is 4. The van der Waals surface area contributed by atoms with Crippen molar-refractivity contribution in [2.24, 2.45) is 5.73 Å². The van der Waals surface area contributed by atoms with Gasteiger partial charge in [-0.2, -0.15) is 0 Å². The van der Waals surface area contributed by atoms with Crippen molar-refractivity contribution in [2.45, 2.75) is 25.4 Å². The minimum atomic E-state index is 0.0504. The van der Waals surface area contributed by atoms with Crippen LogP contribution < -0.4 is 5.73 Å². The van der Waals surface area contributed by atoms with Crippen LogP contribution >= 0.6 is 0 Å². The average molecular weight is 198 g/mol. The van der Waals surface area contributed by atoms with Gasteiger partial charge in [0.1, 0.15) is 0 Å². The predicted molar refractivity (Wildman–Crippen MR) is 59.3 cm³/mol. The van der Waals surface area contributed by atoms with Crippen molar-refractivity contribution in [2.75, 3.05) is 33.3 Å². The average Bonchev–Trinajstić information content (AvgIpc) is 2.19. The highest BCUT2D eigenvalue weighted by atomic mass is 16.5. The van der Waals surface area contributed by atoms with E-state index in [1.165, 1.54) is 19.4 Å². The van der Waals surface area contributed by atoms with Gasteiger partial charge < -0.3 is 10.5 Å². The van der Waals surface area contributed by atoms with Crippen LogP contribution in [0.3, 0.4) is 0 Å². The molecule has 1 rings (SSSR count). The van der Waals surface area contributed by atoms with Crippen LogP contribution in [0.25, 0.3) is 0 Å². The lowest BCUT2D eigenvalue weighted by Gasteiger charge is -2.39. The number of piperidine rings is 1. The molecule has 0 spiro atoms. The van der Waals surface area contributed by atoms with Crippen LogP contribution in [0.4, 0.5) is 0 Å². The first-order valence-corrected chi connectivity index (χ1v) is 5.33. The Morgan fingerprint density at radius 3 is 2.93 bits per heavy atom. The minimum absolute atomic E-state index is 0.0504. The summed E-state index contributed by atoms with van der Waals surface area (Å²) >= 11 is 0. The third-order valence-corrected chi connectivity index (χ3v) is 2.90. The van der Waals surface area contributed by atoms with Gasteiger partial charge in [-0.25, -0.2) is 0 Å². The molecule has 0 aromatic rings. The summed E-state index contributed by atoms with van der Waals surface area (Å²) in [6.45, 7) is 6.02. The summed E-state index contributed by atoms with van der Waals surface area (Å²) in [6, 6.07) is 0. The molecule has 0 saturated carbocycles. The maximum Gasteiger partial charge on any atom is 0.0777 e. The van der Waals surface area contributed by atoms with E-state index in [1.54, 1.807) is 7.11 Å². The van der Waals surface area contributed by atoms with Gasteiger partial charge in [-0.05, 0) is 26.3 Å². The first-order chi connectivity index (χ1) is 6.70. The highest BCUT2D eigenvalue weighted by Gasteiger charge is 2.29. The maximum absolute atomic E-state index is 5.52. The molecule has 0 aromatic carbocycles. The minimum Gasteiger partial charge on any atom is -0.377 e. The van der Waals surface area contributed by atoms with Crippen molar-refractivity contribution in [1.29, 1.82) is 0 Å². The standard InChI is InChI=1S/C11H22N2O/c1-11(14-2)6-5-9-13(10-11)8-4-3-7-12/h3-4H,5-10,12H2,1-2H3/b4-3+. The lowest BCUT2D eigenvalue weighted by Crippen LogP contribution is -2.47. The van der Waals surface area contributed by atoms with Crippen LogP contribution in [0, 0.1) is 0 Å².